The number of hydrogen-bond acceptors (Lipinski definition) is 5. The molecule has 0 aliphatic rings. The molecule has 0 spiro atoms. The molecule has 3 aromatic heterocycles. The first-order valence-corrected chi connectivity index (χ1v) is 18.8. The van der Waals surface area contributed by atoms with Crippen molar-refractivity contribution in [3.63, 3.8) is 0 Å². The van der Waals surface area contributed by atoms with Crippen LogP contribution in [0.15, 0.2) is 57.4 Å². The van der Waals surface area contributed by atoms with Crippen LogP contribution in [0.4, 0.5) is 0 Å². The van der Waals surface area contributed by atoms with Crippen LogP contribution in [0, 0.1) is 0 Å². The summed E-state index contributed by atoms with van der Waals surface area (Å²) in [5, 5.41) is 4.22. The molecule has 0 aliphatic heterocycles. The van der Waals surface area contributed by atoms with E-state index in [1.807, 2.05) is 116 Å². The third-order valence-corrected chi connectivity index (χ3v) is 7.11. The first-order valence-electron chi connectivity index (χ1n) is 18.8. The summed E-state index contributed by atoms with van der Waals surface area (Å²) in [6.07, 6.45) is 5.32. The van der Waals surface area contributed by atoms with Gasteiger partial charge < -0.3 is 4.57 Å². The quantitative estimate of drug-likeness (QED) is 0.230. The average Bonchev–Trinajstić information content (AvgIpc) is 2.97. The summed E-state index contributed by atoms with van der Waals surface area (Å²) in [5.74, 6) is 0. The van der Waals surface area contributed by atoms with Gasteiger partial charge >= 0.3 is 0 Å². The first kappa shape index (κ1) is 55.5. The van der Waals surface area contributed by atoms with Gasteiger partial charge in [0.25, 0.3) is 16.7 Å². The van der Waals surface area contributed by atoms with Crippen molar-refractivity contribution in [2.45, 2.75) is 206 Å². The second-order valence-electron chi connectivity index (χ2n) is 17.9. The minimum Gasteiger partial charge on any atom is -0.310 e. The molecule has 3 rings (SSSR count). The van der Waals surface area contributed by atoms with Crippen LogP contribution in [0.1, 0.15) is 190 Å². The third-order valence-electron chi connectivity index (χ3n) is 7.11. The van der Waals surface area contributed by atoms with Gasteiger partial charge in [-0.15, -0.1) is 0 Å². The zero-order chi connectivity index (χ0) is 41.6. The fraction of sp³-hybridized carbons (Fsp3) is 0.705. The number of aromatic nitrogens is 5. The molecule has 0 fully saturated rings. The topological polar surface area (TPSA) is 91.8 Å². The van der Waals surface area contributed by atoms with Gasteiger partial charge in [-0.2, -0.15) is 5.10 Å². The summed E-state index contributed by atoms with van der Waals surface area (Å²) in [5.41, 5.74) is 2.30. The van der Waals surface area contributed by atoms with Crippen molar-refractivity contribution in [2.75, 3.05) is 0 Å². The van der Waals surface area contributed by atoms with E-state index in [1.165, 1.54) is 4.68 Å². The SMILES string of the molecule is C.CC.CC.CC.CC(C)(C)c1cc(=O)n(C(C)(C)C)cn1.CC(C)(C)c1ccn(C(C)(C)C)c(=O)c1.CC(C)(C)c1cnn(C(C)(C)C)c(=O)c1. The summed E-state index contributed by atoms with van der Waals surface area (Å²) in [7, 11) is 0. The molecule has 3 aromatic rings. The Balaban J connectivity index is -0.000000306. The van der Waals surface area contributed by atoms with E-state index in [2.05, 4.69) is 72.4 Å². The van der Waals surface area contributed by atoms with E-state index in [-0.39, 0.29) is 57.0 Å². The zero-order valence-corrected chi connectivity index (χ0v) is 37.5. The van der Waals surface area contributed by atoms with Gasteiger partial charge in [0.2, 0.25) is 0 Å². The number of pyridine rings is 1. The van der Waals surface area contributed by atoms with Crippen molar-refractivity contribution in [1.82, 2.24) is 23.9 Å². The molecule has 0 aliphatic carbocycles. The minimum absolute atomic E-state index is 0. The van der Waals surface area contributed by atoms with Crippen molar-refractivity contribution in [2.24, 2.45) is 0 Å². The highest BCUT2D eigenvalue weighted by Crippen LogP contribution is 2.22. The van der Waals surface area contributed by atoms with Crippen LogP contribution in [0.2, 0.25) is 0 Å². The highest BCUT2D eigenvalue weighted by atomic mass is 16.1. The largest absolute Gasteiger partial charge is 0.310 e. The van der Waals surface area contributed by atoms with Gasteiger partial charge in [-0.1, -0.05) is 111 Å². The van der Waals surface area contributed by atoms with Gasteiger partial charge in [0.1, 0.15) is 0 Å². The summed E-state index contributed by atoms with van der Waals surface area (Å²) in [6, 6.07) is 7.08. The Kier molecular flexibility index (Phi) is 23.5. The lowest BCUT2D eigenvalue weighted by atomic mass is 9.88. The first-order chi connectivity index (χ1) is 22.9. The van der Waals surface area contributed by atoms with E-state index in [1.54, 1.807) is 39.9 Å². The van der Waals surface area contributed by atoms with Crippen LogP contribution in [0.25, 0.3) is 0 Å². The van der Waals surface area contributed by atoms with Crippen molar-refractivity contribution < 1.29 is 0 Å². The van der Waals surface area contributed by atoms with E-state index >= 15 is 0 Å². The van der Waals surface area contributed by atoms with Gasteiger partial charge in [0.15, 0.2) is 0 Å². The predicted molar refractivity (Wildman–Crippen MR) is 230 cm³/mol. The second-order valence-corrected chi connectivity index (χ2v) is 17.9. The van der Waals surface area contributed by atoms with Crippen LogP contribution in [0.3, 0.4) is 0 Å². The Hall–Kier alpha value is -3.29. The standard InChI is InChI=1S/C13H21NO.2C12H20N2O.3C2H6.CH4/c1-12(2,3)10-7-8-14(11(15)9-10)13(4,5)6;1-11(2,3)9-7-10(15)14(8-13-9)12(4,5)6;1-11(2,3)9-7-10(15)14(13-8-9)12(4,5)6;3*1-2;/h7-9H,1-6H3;2*7-8H,1-6H3;3*1-2H3;1H4. The fourth-order valence-corrected chi connectivity index (χ4v) is 4.14. The van der Waals surface area contributed by atoms with E-state index < -0.39 is 0 Å². The molecule has 0 atom stereocenters. The molecule has 8 nitrogen and oxygen atoms in total. The van der Waals surface area contributed by atoms with Gasteiger partial charge in [-0.05, 0) is 90.3 Å². The molecule has 0 radical (unpaired) electrons. The summed E-state index contributed by atoms with van der Waals surface area (Å²) < 4.78 is 4.94. The number of hydrogen-bond donors (Lipinski definition) is 0. The molecule has 302 valence electrons. The maximum Gasteiger partial charge on any atom is 0.267 e. The molecular formula is C44H83N5O3. The summed E-state index contributed by atoms with van der Waals surface area (Å²) >= 11 is 0. The Morgan fingerprint density at radius 2 is 0.865 bits per heavy atom. The molecule has 0 unspecified atom stereocenters. The maximum absolute atomic E-state index is 11.9. The molecule has 0 bridgehead atoms. The maximum atomic E-state index is 11.9. The van der Waals surface area contributed by atoms with Crippen LogP contribution in [-0.2, 0) is 32.9 Å². The van der Waals surface area contributed by atoms with Crippen molar-refractivity contribution in [3.8, 4) is 0 Å². The van der Waals surface area contributed by atoms with Crippen molar-refractivity contribution in [1.29, 1.82) is 0 Å². The number of rotatable bonds is 0. The molecule has 3 heterocycles. The highest BCUT2D eigenvalue weighted by Gasteiger charge is 2.21. The van der Waals surface area contributed by atoms with E-state index in [0.29, 0.717) is 0 Å². The van der Waals surface area contributed by atoms with Crippen LogP contribution in [-0.4, -0.2) is 23.9 Å². The smallest absolute Gasteiger partial charge is 0.267 e. The van der Waals surface area contributed by atoms with Crippen molar-refractivity contribution >= 4 is 0 Å². The van der Waals surface area contributed by atoms with Crippen LogP contribution in [0.5, 0.6) is 0 Å². The number of nitrogens with zero attached hydrogens (tertiary/aromatic N) is 5. The van der Waals surface area contributed by atoms with Gasteiger partial charge in [-0.3, -0.25) is 19.0 Å². The Bertz CT molecular complexity index is 1410. The van der Waals surface area contributed by atoms with Crippen LogP contribution < -0.4 is 16.7 Å². The zero-order valence-electron chi connectivity index (χ0n) is 37.5. The van der Waals surface area contributed by atoms with E-state index in [0.717, 1.165) is 16.8 Å². The lowest BCUT2D eigenvalue weighted by Gasteiger charge is -2.25. The predicted octanol–water partition coefficient (Wildman–Crippen LogP) is 11.2. The molecule has 0 amide bonds. The van der Waals surface area contributed by atoms with Crippen LogP contribution >= 0.6 is 0 Å². The molecule has 0 N–H and O–H groups in total. The second kappa shape index (κ2) is 22.0. The molecule has 8 heteroatoms. The van der Waals surface area contributed by atoms with Crippen molar-refractivity contribution in [3.05, 3.63) is 90.9 Å². The Morgan fingerprint density at radius 3 is 1.15 bits per heavy atom. The molecule has 0 saturated heterocycles. The minimum atomic E-state index is -0.256. The fourth-order valence-electron chi connectivity index (χ4n) is 4.14. The molecule has 52 heavy (non-hydrogen) atoms. The normalized spacial score (nSPS) is 11.5. The average molecular weight is 730 g/mol. The molecule has 0 saturated carbocycles. The van der Waals surface area contributed by atoms with E-state index in [4.69, 9.17) is 0 Å². The summed E-state index contributed by atoms with van der Waals surface area (Å²) in [4.78, 5) is 39.9. The van der Waals surface area contributed by atoms with Gasteiger partial charge in [0.05, 0.1) is 23.8 Å². The van der Waals surface area contributed by atoms with E-state index in [9.17, 15) is 14.4 Å². The Labute approximate surface area is 320 Å². The highest BCUT2D eigenvalue weighted by molar-refractivity contribution is 5.20. The molecular weight excluding hydrogens is 647 g/mol. The van der Waals surface area contributed by atoms with Gasteiger partial charge in [0, 0.05) is 40.9 Å². The molecule has 0 aromatic carbocycles. The lowest BCUT2D eigenvalue weighted by molar-refractivity contribution is 0.335. The summed E-state index contributed by atoms with van der Waals surface area (Å²) in [6.45, 7) is 48.7. The Morgan fingerprint density at radius 1 is 0.481 bits per heavy atom. The third kappa shape index (κ3) is 19.0. The lowest BCUT2D eigenvalue weighted by Crippen LogP contribution is -2.36. The monoisotopic (exact) mass is 730 g/mol. The van der Waals surface area contributed by atoms with Gasteiger partial charge in [-0.25, -0.2) is 9.67 Å².